The number of aryl methyl sites for hydroxylation is 1. The first-order valence-electron chi connectivity index (χ1n) is 6.71. The predicted molar refractivity (Wildman–Crippen MR) is 85.7 cm³/mol. The van der Waals surface area contributed by atoms with Crippen molar-refractivity contribution in [1.29, 1.82) is 0 Å². The molecule has 2 N–H and O–H groups in total. The summed E-state index contributed by atoms with van der Waals surface area (Å²) in [7, 11) is 0. The summed E-state index contributed by atoms with van der Waals surface area (Å²) < 4.78 is 0. The molecule has 2 rings (SSSR count). The number of aromatic nitrogens is 1. The molecular weight excluding hydrogens is 297 g/mol. The predicted octanol–water partition coefficient (Wildman–Crippen LogP) is 1.97. The molecule has 0 bridgehead atoms. The van der Waals surface area contributed by atoms with E-state index < -0.39 is 0 Å². The van der Waals surface area contributed by atoms with Gasteiger partial charge in [-0.05, 0) is 56.0 Å². The molecule has 0 saturated carbocycles. The van der Waals surface area contributed by atoms with Crippen molar-refractivity contribution in [2.75, 3.05) is 19.6 Å². The number of carbonyl (C=O) groups excluding carboxylic acids is 1. The zero-order valence-electron chi connectivity index (χ0n) is 11.5. The van der Waals surface area contributed by atoms with Crippen LogP contribution in [0.1, 0.15) is 24.8 Å². The van der Waals surface area contributed by atoms with Gasteiger partial charge in [0, 0.05) is 25.4 Å². The van der Waals surface area contributed by atoms with Crippen LogP contribution in [0.15, 0.2) is 24.5 Å². The molecule has 1 saturated heterocycles. The van der Waals surface area contributed by atoms with Gasteiger partial charge in [-0.2, -0.15) is 0 Å². The molecule has 2 heterocycles. The molecule has 1 aliphatic rings. The lowest BCUT2D eigenvalue weighted by molar-refractivity contribution is -0.121. The maximum atomic E-state index is 11.7. The minimum Gasteiger partial charge on any atom is -0.356 e. The van der Waals surface area contributed by atoms with Crippen LogP contribution in [0, 0.1) is 5.92 Å². The van der Waals surface area contributed by atoms with Crippen LogP contribution < -0.4 is 10.6 Å². The number of pyridine rings is 1. The van der Waals surface area contributed by atoms with E-state index >= 15 is 0 Å². The summed E-state index contributed by atoms with van der Waals surface area (Å²) in [5, 5.41) is 6.39. The van der Waals surface area contributed by atoms with Crippen molar-refractivity contribution >= 4 is 30.7 Å². The van der Waals surface area contributed by atoms with E-state index in [-0.39, 0.29) is 30.7 Å². The Balaban J connectivity index is 0.00000180. The van der Waals surface area contributed by atoms with E-state index in [4.69, 9.17) is 0 Å². The molecule has 0 radical (unpaired) electrons. The third-order valence-electron chi connectivity index (χ3n) is 3.38. The number of hydrogen-bond donors (Lipinski definition) is 2. The fourth-order valence-corrected chi connectivity index (χ4v) is 2.25. The highest BCUT2D eigenvalue weighted by atomic mass is 35.5. The molecule has 1 fully saturated rings. The SMILES string of the molecule is Cl.Cl.O=C(CCc1ccncc1)NCC1CCCNC1. The van der Waals surface area contributed by atoms with Crippen molar-refractivity contribution in [2.24, 2.45) is 5.92 Å². The standard InChI is InChI=1S/C14H21N3O.2ClH/c18-14(4-3-12-5-8-15-9-6-12)17-11-13-2-1-7-16-10-13;;/h5-6,8-9,13,16H,1-4,7,10-11H2,(H,17,18);2*1H. The topological polar surface area (TPSA) is 54.0 Å². The second-order valence-corrected chi connectivity index (χ2v) is 4.87. The first-order valence-corrected chi connectivity index (χ1v) is 6.71. The van der Waals surface area contributed by atoms with E-state index in [1.165, 1.54) is 18.4 Å². The molecule has 1 aromatic heterocycles. The Morgan fingerprint density at radius 3 is 2.75 bits per heavy atom. The zero-order chi connectivity index (χ0) is 12.6. The average Bonchev–Trinajstić information content (AvgIpc) is 2.45. The van der Waals surface area contributed by atoms with Gasteiger partial charge in [0.25, 0.3) is 0 Å². The lowest BCUT2D eigenvalue weighted by Crippen LogP contribution is -2.38. The second-order valence-electron chi connectivity index (χ2n) is 4.87. The fourth-order valence-electron chi connectivity index (χ4n) is 2.25. The van der Waals surface area contributed by atoms with Crippen LogP contribution in [0.2, 0.25) is 0 Å². The Hall–Kier alpha value is -0.840. The third kappa shape index (κ3) is 7.08. The number of nitrogens with one attached hydrogen (secondary N) is 2. The number of halogens is 2. The molecule has 6 heteroatoms. The van der Waals surface area contributed by atoms with Gasteiger partial charge in [-0.1, -0.05) is 0 Å². The Labute approximate surface area is 132 Å². The summed E-state index contributed by atoms with van der Waals surface area (Å²) in [5.41, 5.74) is 1.17. The first kappa shape index (κ1) is 19.2. The van der Waals surface area contributed by atoms with E-state index in [0.717, 1.165) is 26.1 Å². The van der Waals surface area contributed by atoms with Gasteiger partial charge >= 0.3 is 0 Å². The van der Waals surface area contributed by atoms with Crippen LogP contribution >= 0.6 is 24.8 Å². The fraction of sp³-hybridized carbons (Fsp3) is 0.571. The highest BCUT2D eigenvalue weighted by Crippen LogP contribution is 2.08. The molecule has 0 spiro atoms. The maximum Gasteiger partial charge on any atom is 0.220 e. The lowest BCUT2D eigenvalue weighted by Gasteiger charge is -2.22. The number of rotatable bonds is 5. The van der Waals surface area contributed by atoms with E-state index in [1.54, 1.807) is 12.4 Å². The van der Waals surface area contributed by atoms with Crippen molar-refractivity contribution < 1.29 is 4.79 Å². The van der Waals surface area contributed by atoms with Crippen molar-refractivity contribution in [1.82, 2.24) is 15.6 Å². The molecule has 114 valence electrons. The Kier molecular flexibility index (Phi) is 10.4. The smallest absolute Gasteiger partial charge is 0.220 e. The van der Waals surface area contributed by atoms with E-state index in [0.29, 0.717) is 12.3 Å². The van der Waals surface area contributed by atoms with E-state index in [1.807, 2.05) is 12.1 Å². The molecule has 1 amide bonds. The summed E-state index contributed by atoms with van der Waals surface area (Å²) in [6.07, 6.45) is 7.32. The average molecular weight is 320 g/mol. The van der Waals surface area contributed by atoms with Crippen LogP contribution in [0.5, 0.6) is 0 Å². The molecule has 1 unspecified atom stereocenters. The molecule has 0 aromatic carbocycles. The van der Waals surface area contributed by atoms with Gasteiger partial charge in [-0.15, -0.1) is 24.8 Å². The summed E-state index contributed by atoms with van der Waals surface area (Å²) in [6.45, 7) is 2.96. The van der Waals surface area contributed by atoms with E-state index in [2.05, 4.69) is 15.6 Å². The summed E-state index contributed by atoms with van der Waals surface area (Å²) in [5.74, 6) is 0.751. The number of amides is 1. The summed E-state index contributed by atoms with van der Waals surface area (Å²) in [6, 6.07) is 3.91. The number of piperidine rings is 1. The number of hydrogen-bond acceptors (Lipinski definition) is 3. The number of nitrogens with zero attached hydrogens (tertiary/aromatic N) is 1. The summed E-state index contributed by atoms with van der Waals surface area (Å²) in [4.78, 5) is 15.7. The molecule has 1 aromatic rings. The lowest BCUT2D eigenvalue weighted by atomic mass is 10.00. The summed E-state index contributed by atoms with van der Waals surface area (Å²) >= 11 is 0. The van der Waals surface area contributed by atoms with Gasteiger partial charge in [0.2, 0.25) is 5.91 Å². The van der Waals surface area contributed by atoms with Gasteiger partial charge in [-0.3, -0.25) is 9.78 Å². The largest absolute Gasteiger partial charge is 0.356 e. The van der Waals surface area contributed by atoms with Crippen molar-refractivity contribution in [3.63, 3.8) is 0 Å². The Bertz CT molecular complexity index is 370. The van der Waals surface area contributed by atoms with Crippen LogP contribution in [0.3, 0.4) is 0 Å². The maximum absolute atomic E-state index is 11.7. The first-order chi connectivity index (χ1) is 8.84. The van der Waals surface area contributed by atoms with Crippen molar-refractivity contribution in [3.8, 4) is 0 Å². The van der Waals surface area contributed by atoms with Gasteiger partial charge in [0.05, 0.1) is 0 Å². The second kappa shape index (κ2) is 10.9. The van der Waals surface area contributed by atoms with Crippen LogP contribution in [0.25, 0.3) is 0 Å². The molecule has 1 atom stereocenters. The third-order valence-corrected chi connectivity index (χ3v) is 3.38. The normalized spacial score (nSPS) is 17.5. The van der Waals surface area contributed by atoms with Crippen LogP contribution in [0.4, 0.5) is 0 Å². The minimum atomic E-state index is 0. The van der Waals surface area contributed by atoms with E-state index in [9.17, 15) is 4.79 Å². The zero-order valence-corrected chi connectivity index (χ0v) is 13.1. The Morgan fingerprint density at radius 2 is 2.10 bits per heavy atom. The van der Waals surface area contributed by atoms with Gasteiger partial charge in [0.1, 0.15) is 0 Å². The van der Waals surface area contributed by atoms with Crippen LogP contribution in [-0.2, 0) is 11.2 Å². The van der Waals surface area contributed by atoms with Gasteiger partial charge in [-0.25, -0.2) is 0 Å². The molecule has 0 aliphatic carbocycles. The molecule has 1 aliphatic heterocycles. The van der Waals surface area contributed by atoms with Gasteiger partial charge < -0.3 is 10.6 Å². The quantitative estimate of drug-likeness (QED) is 0.872. The van der Waals surface area contributed by atoms with Crippen molar-refractivity contribution in [2.45, 2.75) is 25.7 Å². The van der Waals surface area contributed by atoms with Crippen molar-refractivity contribution in [3.05, 3.63) is 30.1 Å². The monoisotopic (exact) mass is 319 g/mol. The highest BCUT2D eigenvalue weighted by Gasteiger charge is 2.13. The Morgan fingerprint density at radius 1 is 1.35 bits per heavy atom. The van der Waals surface area contributed by atoms with Crippen LogP contribution in [-0.4, -0.2) is 30.5 Å². The van der Waals surface area contributed by atoms with Gasteiger partial charge in [0.15, 0.2) is 0 Å². The highest BCUT2D eigenvalue weighted by molar-refractivity contribution is 5.85. The number of carbonyl (C=O) groups is 1. The molecular formula is C14H23Cl2N3O. The minimum absolute atomic E-state index is 0. The molecule has 20 heavy (non-hydrogen) atoms. The molecule has 4 nitrogen and oxygen atoms in total.